The van der Waals surface area contributed by atoms with Gasteiger partial charge in [-0.1, -0.05) is 66.7 Å². The van der Waals surface area contributed by atoms with Crippen LogP contribution < -0.4 is 4.74 Å². The third kappa shape index (κ3) is 6.43. The minimum atomic E-state index is 0.759. The number of aryl methyl sites for hydroxylation is 6. The van der Waals surface area contributed by atoms with Gasteiger partial charge in [0.25, 0.3) is 0 Å². The molecule has 0 radical (unpaired) electrons. The zero-order valence-electron chi connectivity index (χ0n) is 33.4. The van der Waals surface area contributed by atoms with Gasteiger partial charge in [0.1, 0.15) is 0 Å². The van der Waals surface area contributed by atoms with Gasteiger partial charge in [-0.2, -0.15) is 0 Å². The molecule has 0 unspecified atom stereocenters. The molecule has 4 aromatic heterocycles. The van der Waals surface area contributed by atoms with Gasteiger partial charge in [-0.25, -0.2) is 0 Å². The number of ether oxygens (including phenoxy) is 1. The maximum atomic E-state index is 6.77. The van der Waals surface area contributed by atoms with E-state index in [-0.39, 0.29) is 0 Å². The Kier molecular flexibility index (Phi) is 9.04. The molecule has 0 fully saturated rings. The van der Waals surface area contributed by atoms with Gasteiger partial charge in [-0.15, -0.1) is 0 Å². The van der Waals surface area contributed by atoms with Gasteiger partial charge in [0, 0.05) is 11.3 Å². The second-order valence-corrected chi connectivity index (χ2v) is 16.8. The van der Waals surface area contributed by atoms with Crippen LogP contribution in [-0.4, -0.2) is 23.5 Å². The first-order chi connectivity index (χ1) is 29.4. The Bertz CT molecular complexity index is 3300. The number of fused-ring (bicyclic) bond motifs is 3. The van der Waals surface area contributed by atoms with E-state index in [1.165, 1.54) is 55.4 Å². The number of nitrogens with zero attached hydrogens (tertiary/aromatic N) is 5. The number of aromatic nitrogens is 5. The van der Waals surface area contributed by atoms with Crippen molar-refractivity contribution in [2.45, 2.75) is 39.5 Å². The molecule has 6 aromatic carbocycles. The Labute approximate surface area is 359 Å². The van der Waals surface area contributed by atoms with Crippen LogP contribution in [0.4, 0.5) is 0 Å². The van der Waals surface area contributed by atoms with Crippen LogP contribution in [0.2, 0.25) is 0 Å². The summed E-state index contributed by atoms with van der Waals surface area (Å²) in [4.78, 5) is 10.3. The van der Waals surface area contributed by atoms with Crippen LogP contribution in [0, 0.1) is 17.7 Å². The van der Waals surface area contributed by atoms with E-state index in [1.54, 1.807) is 0 Å². The monoisotopic (exact) mass is 958 g/mol. The number of imidazole rings is 1. The number of rotatable bonds is 6. The Balaban J connectivity index is 1.00. The molecule has 4 aliphatic heterocycles. The van der Waals surface area contributed by atoms with Gasteiger partial charge in [-0.05, 0) is 36.1 Å². The maximum absolute atomic E-state index is 6.77. The standard InChI is InChI=1S/C53H41N5O.Pt/c1-35-28-52(55-36(2)53(35)40-12-7-4-8-13-40)58-48-26-23-41(39-10-5-3-6-11-39)29-47(48)46-25-24-45(31-49(46)58)59-44-15-9-14-43(30-44)56-33-50-42-22-20-37-16-18-38(19-17-37)21-27-51(54-32-42)57(50)34-56;/h3-19,23-26,28-33H,20-22,27H2,1-2H3;. The molecule has 14 rings (SSSR count). The molecule has 0 atom stereocenters. The second kappa shape index (κ2) is 14.9. The zero-order chi connectivity index (χ0) is 40.3. The Hall–Kier alpha value is -6.62. The SMILES string of the molecule is Cc1cc(-n2c3ccc(-c4ccccc4)cc3c3ccc(Oc4cccc(-n5cc6c7cnc(n6[c]5=[Pt])CCc5ccc(cc5)CC7)c4)cc32)nc(C)c1-c1ccccc1. The molecular formula is C53H41N5OPt. The van der Waals surface area contributed by atoms with E-state index in [0.717, 1.165) is 80.4 Å². The summed E-state index contributed by atoms with van der Waals surface area (Å²) in [6.07, 6.45) is 8.08. The van der Waals surface area contributed by atoms with Gasteiger partial charge in [-0.3, -0.25) is 0 Å². The van der Waals surface area contributed by atoms with Crippen molar-refractivity contribution in [1.29, 1.82) is 0 Å². The van der Waals surface area contributed by atoms with E-state index in [9.17, 15) is 0 Å². The summed E-state index contributed by atoms with van der Waals surface area (Å²) in [5.41, 5.74) is 15.2. The topological polar surface area (TPSA) is 49.3 Å². The fourth-order valence-electron chi connectivity index (χ4n) is 9.04. The summed E-state index contributed by atoms with van der Waals surface area (Å²) < 4.78 is 14.8. The molecule has 10 aromatic rings. The molecule has 0 aliphatic carbocycles. The van der Waals surface area contributed by atoms with Crippen molar-refractivity contribution in [3.05, 3.63) is 202 Å². The van der Waals surface area contributed by atoms with Crippen LogP contribution in [0.1, 0.15) is 33.8 Å². The van der Waals surface area contributed by atoms with Gasteiger partial charge in [0.15, 0.2) is 0 Å². The van der Waals surface area contributed by atoms with Crippen molar-refractivity contribution in [2.24, 2.45) is 0 Å². The summed E-state index contributed by atoms with van der Waals surface area (Å²) in [5.74, 6) is 3.48. The van der Waals surface area contributed by atoms with E-state index in [0.29, 0.717) is 0 Å². The summed E-state index contributed by atoms with van der Waals surface area (Å²) in [6.45, 7) is 4.30. The molecule has 0 spiro atoms. The minimum absolute atomic E-state index is 0.759. The van der Waals surface area contributed by atoms with Crippen LogP contribution in [0.3, 0.4) is 0 Å². The first-order valence-corrected chi connectivity index (χ1v) is 21.7. The molecular weight excluding hydrogens is 918 g/mol. The molecule has 0 amide bonds. The molecule has 4 bridgehead atoms. The number of hydrogen-bond acceptors (Lipinski definition) is 3. The molecule has 8 heterocycles. The average Bonchev–Trinajstić information content (AvgIpc) is 3.79. The second-order valence-electron chi connectivity index (χ2n) is 15.8. The Morgan fingerprint density at radius 3 is 2.08 bits per heavy atom. The molecule has 6 nitrogen and oxygen atoms in total. The van der Waals surface area contributed by atoms with Gasteiger partial charge in [0.05, 0.1) is 0 Å². The van der Waals surface area contributed by atoms with Crippen molar-refractivity contribution in [1.82, 2.24) is 23.5 Å². The third-order valence-electron chi connectivity index (χ3n) is 12.0. The van der Waals surface area contributed by atoms with Gasteiger partial charge < -0.3 is 0 Å². The first kappa shape index (κ1) is 36.5. The summed E-state index contributed by atoms with van der Waals surface area (Å²) in [6, 6.07) is 54.0. The summed E-state index contributed by atoms with van der Waals surface area (Å²) in [5, 5.41) is 2.31. The van der Waals surface area contributed by atoms with E-state index in [2.05, 4.69) is 205 Å². The normalized spacial score (nSPS) is 12.7. The van der Waals surface area contributed by atoms with Crippen molar-refractivity contribution in [2.75, 3.05) is 0 Å². The number of pyridine rings is 1. The van der Waals surface area contributed by atoms with Crippen LogP contribution >= 0.6 is 0 Å². The molecule has 0 N–H and O–H groups in total. The Morgan fingerprint density at radius 2 is 1.32 bits per heavy atom. The molecule has 294 valence electrons. The predicted molar refractivity (Wildman–Crippen MR) is 238 cm³/mol. The molecule has 60 heavy (non-hydrogen) atoms. The van der Waals surface area contributed by atoms with Crippen molar-refractivity contribution in [3.8, 4) is 45.3 Å². The third-order valence-corrected chi connectivity index (χ3v) is 13.1. The predicted octanol–water partition coefficient (Wildman–Crippen LogP) is 12.3. The van der Waals surface area contributed by atoms with Crippen molar-refractivity contribution >= 4 is 27.3 Å². The molecule has 4 aliphatic rings. The summed E-state index contributed by atoms with van der Waals surface area (Å²) in [7, 11) is 0. The average molecular weight is 959 g/mol. The van der Waals surface area contributed by atoms with Crippen molar-refractivity contribution in [3.63, 3.8) is 0 Å². The van der Waals surface area contributed by atoms with E-state index in [1.807, 2.05) is 6.07 Å². The van der Waals surface area contributed by atoms with E-state index >= 15 is 0 Å². The molecule has 0 saturated heterocycles. The number of hydrogen-bond donors (Lipinski definition) is 0. The van der Waals surface area contributed by atoms with Crippen molar-refractivity contribution < 1.29 is 24.1 Å². The van der Waals surface area contributed by atoms with Crippen LogP contribution in [0.25, 0.3) is 61.1 Å². The minimum Gasteiger partial charge on any atom is -0.0622 e. The quantitative estimate of drug-likeness (QED) is 0.167. The van der Waals surface area contributed by atoms with Gasteiger partial charge in [0.2, 0.25) is 0 Å². The molecule has 0 saturated carbocycles. The summed E-state index contributed by atoms with van der Waals surface area (Å²) >= 11 is 2.46. The fourth-order valence-corrected chi connectivity index (χ4v) is 10.0. The smallest absolute Gasteiger partial charge is 0.0622 e. The van der Waals surface area contributed by atoms with Crippen LogP contribution in [0.15, 0.2) is 164 Å². The first-order valence-electron chi connectivity index (χ1n) is 20.6. The molecule has 7 heteroatoms. The van der Waals surface area contributed by atoms with Crippen LogP contribution in [-0.2, 0) is 45.0 Å². The van der Waals surface area contributed by atoms with E-state index < -0.39 is 0 Å². The van der Waals surface area contributed by atoms with Gasteiger partial charge >= 0.3 is 247 Å². The Morgan fingerprint density at radius 1 is 0.583 bits per heavy atom. The number of benzene rings is 6. The van der Waals surface area contributed by atoms with E-state index in [4.69, 9.17) is 14.7 Å². The fraction of sp³-hybridized carbons (Fsp3) is 0.113. The zero-order valence-corrected chi connectivity index (χ0v) is 35.6. The van der Waals surface area contributed by atoms with Crippen LogP contribution in [0.5, 0.6) is 11.5 Å².